The number of anilines is 2. The van der Waals surface area contributed by atoms with Crippen LogP contribution in [0, 0.1) is 6.92 Å². The molecular weight excluding hydrogens is 328 g/mol. The molecule has 0 unspecified atom stereocenters. The molecule has 0 aliphatic heterocycles. The number of amides is 1. The summed E-state index contributed by atoms with van der Waals surface area (Å²) in [6.07, 6.45) is 1.37. The minimum absolute atomic E-state index is 0.254. The number of ether oxygens (including phenoxy) is 1. The van der Waals surface area contributed by atoms with Gasteiger partial charge < -0.3 is 15.4 Å². The van der Waals surface area contributed by atoms with E-state index < -0.39 is 0 Å². The van der Waals surface area contributed by atoms with E-state index in [9.17, 15) is 4.79 Å². The quantitative estimate of drug-likeness (QED) is 0.713. The van der Waals surface area contributed by atoms with E-state index in [-0.39, 0.29) is 5.91 Å². The number of carbonyl (C=O) groups is 1. The maximum Gasteiger partial charge on any atom is 0.270 e. The normalized spacial score (nSPS) is 10.2. The Hall–Kier alpha value is -3.41. The summed E-state index contributed by atoms with van der Waals surface area (Å²) in [6, 6.07) is 17.1. The van der Waals surface area contributed by atoms with Gasteiger partial charge in [0, 0.05) is 18.3 Å². The summed E-state index contributed by atoms with van der Waals surface area (Å²) in [5.74, 6) is 1.09. The van der Waals surface area contributed by atoms with Gasteiger partial charge in [-0.1, -0.05) is 29.8 Å². The largest absolute Gasteiger partial charge is 0.497 e. The van der Waals surface area contributed by atoms with Crippen molar-refractivity contribution in [1.82, 2.24) is 15.3 Å². The first kappa shape index (κ1) is 17.4. The van der Waals surface area contributed by atoms with E-state index in [0.717, 1.165) is 17.0 Å². The average molecular weight is 348 g/mol. The van der Waals surface area contributed by atoms with Crippen LogP contribution in [0.2, 0.25) is 0 Å². The summed E-state index contributed by atoms with van der Waals surface area (Å²) in [7, 11) is 1.62. The Bertz CT molecular complexity index is 877. The van der Waals surface area contributed by atoms with Crippen LogP contribution < -0.4 is 15.4 Å². The lowest BCUT2D eigenvalue weighted by atomic mass is 10.2. The molecule has 6 heteroatoms. The molecule has 1 aromatic heterocycles. The van der Waals surface area contributed by atoms with Gasteiger partial charge >= 0.3 is 0 Å². The zero-order valence-electron chi connectivity index (χ0n) is 14.7. The number of methoxy groups -OCH3 is 1. The van der Waals surface area contributed by atoms with Crippen LogP contribution in [0.25, 0.3) is 0 Å². The highest BCUT2D eigenvalue weighted by atomic mass is 16.5. The first-order chi connectivity index (χ1) is 12.6. The number of benzene rings is 2. The van der Waals surface area contributed by atoms with Crippen LogP contribution in [0.3, 0.4) is 0 Å². The maximum atomic E-state index is 12.3. The fourth-order valence-electron chi connectivity index (χ4n) is 2.35. The maximum absolute atomic E-state index is 12.3. The van der Waals surface area contributed by atoms with Gasteiger partial charge in [-0.25, -0.2) is 9.97 Å². The van der Waals surface area contributed by atoms with Crippen molar-refractivity contribution in [3.63, 3.8) is 0 Å². The molecule has 3 rings (SSSR count). The van der Waals surface area contributed by atoms with Gasteiger partial charge in [0.15, 0.2) is 0 Å². The van der Waals surface area contributed by atoms with E-state index in [1.54, 1.807) is 13.2 Å². The molecule has 0 saturated carbocycles. The SMILES string of the molecule is COc1ccc(CNC(=O)c2cc(Nc3ccc(C)cc3)ncn2)cc1. The third kappa shape index (κ3) is 4.57. The van der Waals surface area contributed by atoms with E-state index in [4.69, 9.17) is 4.74 Å². The summed E-state index contributed by atoms with van der Waals surface area (Å²) in [5.41, 5.74) is 3.37. The van der Waals surface area contributed by atoms with Crippen molar-refractivity contribution in [2.75, 3.05) is 12.4 Å². The molecule has 1 heterocycles. The number of aromatic nitrogens is 2. The Labute approximate surface area is 152 Å². The van der Waals surface area contributed by atoms with Gasteiger partial charge in [0.1, 0.15) is 23.6 Å². The van der Waals surface area contributed by atoms with Crippen molar-refractivity contribution >= 4 is 17.4 Å². The van der Waals surface area contributed by atoms with Crippen LogP contribution in [0.5, 0.6) is 5.75 Å². The van der Waals surface area contributed by atoms with Crippen LogP contribution in [0.1, 0.15) is 21.6 Å². The Morgan fingerprint density at radius 2 is 1.77 bits per heavy atom. The molecule has 0 radical (unpaired) electrons. The number of rotatable bonds is 6. The molecule has 6 nitrogen and oxygen atoms in total. The third-order valence-corrected chi connectivity index (χ3v) is 3.84. The second kappa shape index (κ2) is 8.11. The molecule has 0 spiro atoms. The van der Waals surface area contributed by atoms with Crippen LogP contribution in [-0.4, -0.2) is 23.0 Å². The minimum atomic E-state index is -0.254. The van der Waals surface area contributed by atoms with E-state index in [1.807, 2.05) is 55.5 Å². The molecule has 2 N–H and O–H groups in total. The molecular formula is C20H20N4O2. The fraction of sp³-hybridized carbons (Fsp3) is 0.150. The number of nitrogens with one attached hydrogen (secondary N) is 2. The van der Waals surface area contributed by atoms with Gasteiger partial charge in [-0.15, -0.1) is 0 Å². The van der Waals surface area contributed by atoms with Crippen molar-refractivity contribution in [1.29, 1.82) is 0 Å². The number of hydrogen-bond acceptors (Lipinski definition) is 5. The van der Waals surface area contributed by atoms with Gasteiger partial charge in [0.05, 0.1) is 7.11 Å². The standard InChI is InChI=1S/C20H20N4O2/c1-14-3-7-16(8-4-14)24-19-11-18(22-13-23-19)20(25)21-12-15-5-9-17(26-2)10-6-15/h3-11,13H,12H2,1-2H3,(H,21,25)(H,22,23,24). The molecule has 0 aliphatic carbocycles. The lowest BCUT2D eigenvalue weighted by molar-refractivity contribution is 0.0946. The number of aryl methyl sites for hydroxylation is 1. The number of carbonyl (C=O) groups excluding carboxylic acids is 1. The predicted octanol–water partition coefficient (Wildman–Crippen LogP) is 3.47. The number of nitrogens with zero attached hydrogens (tertiary/aromatic N) is 2. The van der Waals surface area contributed by atoms with Crippen molar-refractivity contribution in [2.45, 2.75) is 13.5 Å². The second-order valence-corrected chi connectivity index (χ2v) is 5.81. The van der Waals surface area contributed by atoms with Gasteiger partial charge in [0.2, 0.25) is 0 Å². The molecule has 0 atom stereocenters. The Morgan fingerprint density at radius 3 is 2.46 bits per heavy atom. The second-order valence-electron chi connectivity index (χ2n) is 5.81. The first-order valence-electron chi connectivity index (χ1n) is 8.21. The minimum Gasteiger partial charge on any atom is -0.497 e. The average Bonchev–Trinajstić information content (AvgIpc) is 2.68. The molecule has 26 heavy (non-hydrogen) atoms. The monoisotopic (exact) mass is 348 g/mol. The summed E-state index contributed by atoms with van der Waals surface area (Å²) < 4.78 is 5.12. The molecule has 3 aromatic rings. The van der Waals surface area contributed by atoms with Crippen LogP contribution >= 0.6 is 0 Å². The van der Waals surface area contributed by atoms with Gasteiger partial charge in [-0.05, 0) is 36.8 Å². The van der Waals surface area contributed by atoms with Gasteiger partial charge in [0.25, 0.3) is 5.91 Å². The van der Waals surface area contributed by atoms with Crippen molar-refractivity contribution in [2.24, 2.45) is 0 Å². The summed E-state index contributed by atoms with van der Waals surface area (Å²) in [5, 5.41) is 6.02. The summed E-state index contributed by atoms with van der Waals surface area (Å²) in [4.78, 5) is 20.5. The zero-order valence-corrected chi connectivity index (χ0v) is 14.7. The Morgan fingerprint density at radius 1 is 1.04 bits per heavy atom. The van der Waals surface area contributed by atoms with E-state index >= 15 is 0 Å². The number of hydrogen-bond donors (Lipinski definition) is 2. The predicted molar refractivity (Wildman–Crippen MR) is 101 cm³/mol. The van der Waals surface area contributed by atoms with Crippen molar-refractivity contribution < 1.29 is 9.53 Å². The highest BCUT2D eigenvalue weighted by molar-refractivity contribution is 5.92. The summed E-state index contributed by atoms with van der Waals surface area (Å²) >= 11 is 0. The van der Waals surface area contributed by atoms with Crippen LogP contribution in [0.4, 0.5) is 11.5 Å². The fourth-order valence-corrected chi connectivity index (χ4v) is 2.35. The molecule has 0 bridgehead atoms. The van der Waals surface area contributed by atoms with Crippen molar-refractivity contribution in [3.05, 3.63) is 77.7 Å². The van der Waals surface area contributed by atoms with Gasteiger partial charge in [-0.2, -0.15) is 0 Å². The van der Waals surface area contributed by atoms with Crippen LogP contribution in [-0.2, 0) is 6.54 Å². The highest BCUT2D eigenvalue weighted by Gasteiger charge is 2.09. The lowest BCUT2D eigenvalue weighted by Crippen LogP contribution is -2.24. The molecule has 2 aromatic carbocycles. The molecule has 0 saturated heterocycles. The topological polar surface area (TPSA) is 76.1 Å². The molecule has 132 valence electrons. The third-order valence-electron chi connectivity index (χ3n) is 3.84. The molecule has 0 fully saturated rings. The van der Waals surface area contributed by atoms with E-state index in [1.165, 1.54) is 11.9 Å². The van der Waals surface area contributed by atoms with Gasteiger partial charge in [-0.3, -0.25) is 4.79 Å². The lowest BCUT2D eigenvalue weighted by Gasteiger charge is -2.08. The zero-order chi connectivity index (χ0) is 18.4. The van der Waals surface area contributed by atoms with E-state index in [2.05, 4.69) is 20.6 Å². The van der Waals surface area contributed by atoms with Crippen molar-refractivity contribution in [3.8, 4) is 5.75 Å². The Balaban J connectivity index is 1.62. The highest BCUT2D eigenvalue weighted by Crippen LogP contribution is 2.15. The Kier molecular flexibility index (Phi) is 5.43. The smallest absolute Gasteiger partial charge is 0.270 e. The molecule has 0 aliphatic rings. The van der Waals surface area contributed by atoms with Crippen LogP contribution in [0.15, 0.2) is 60.9 Å². The van der Waals surface area contributed by atoms with E-state index in [0.29, 0.717) is 18.1 Å². The molecule has 1 amide bonds. The summed E-state index contributed by atoms with van der Waals surface area (Å²) in [6.45, 7) is 2.44. The first-order valence-corrected chi connectivity index (χ1v) is 8.21.